The van der Waals surface area contributed by atoms with Crippen LogP contribution < -0.4 is 0 Å². The molecule has 2 rings (SSSR count). The molecule has 0 fully saturated rings. The summed E-state index contributed by atoms with van der Waals surface area (Å²) in [6, 6.07) is 6.41. The minimum Gasteiger partial charge on any atom is -0.298 e. The molecule has 0 saturated heterocycles. The van der Waals surface area contributed by atoms with Crippen molar-refractivity contribution >= 4 is 29.5 Å². The normalized spacial score (nSPS) is 11.4. The highest BCUT2D eigenvalue weighted by atomic mass is 35.5. The highest BCUT2D eigenvalue weighted by Gasteiger charge is 2.33. The van der Waals surface area contributed by atoms with Gasteiger partial charge in [-0.1, -0.05) is 35.3 Å². The number of carbonyl (C=O) groups is 1. The van der Waals surface area contributed by atoms with E-state index in [0.29, 0.717) is 12.4 Å². The number of carbonyl (C=O) groups excluding carboxylic acids is 1. The van der Waals surface area contributed by atoms with E-state index in [1.54, 1.807) is 0 Å². The summed E-state index contributed by atoms with van der Waals surface area (Å²) in [6.07, 6.45) is -4.34. The minimum atomic E-state index is -4.65. The summed E-state index contributed by atoms with van der Waals surface area (Å²) < 4.78 is 38.2. The largest absolute Gasteiger partial charge is 0.433 e. The number of halogens is 5. The quantitative estimate of drug-likeness (QED) is 0.738. The molecular formula is C13H6Cl2F3NO. The molecule has 0 saturated carbocycles. The Hall–Kier alpha value is -1.59. The molecule has 0 aliphatic heterocycles. The lowest BCUT2D eigenvalue weighted by Crippen LogP contribution is -2.09. The van der Waals surface area contributed by atoms with Crippen molar-refractivity contribution < 1.29 is 18.0 Å². The molecule has 1 heterocycles. The number of rotatable bonds is 2. The van der Waals surface area contributed by atoms with Gasteiger partial charge >= 0.3 is 6.18 Å². The van der Waals surface area contributed by atoms with E-state index in [4.69, 9.17) is 23.2 Å². The van der Waals surface area contributed by atoms with Crippen LogP contribution in [0.2, 0.25) is 10.0 Å². The van der Waals surface area contributed by atoms with E-state index in [1.165, 1.54) is 24.3 Å². The average molecular weight is 320 g/mol. The van der Waals surface area contributed by atoms with Crippen molar-refractivity contribution in [3.05, 3.63) is 51.6 Å². The second kappa shape index (κ2) is 5.42. The number of aromatic nitrogens is 1. The number of benzene rings is 1. The fraction of sp³-hybridized carbons (Fsp3) is 0.0769. The van der Waals surface area contributed by atoms with Crippen LogP contribution in [0, 0.1) is 0 Å². The van der Waals surface area contributed by atoms with Gasteiger partial charge in [0.2, 0.25) is 0 Å². The van der Waals surface area contributed by atoms with Gasteiger partial charge in [0, 0.05) is 11.1 Å². The topological polar surface area (TPSA) is 30.0 Å². The summed E-state index contributed by atoms with van der Waals surface area (Å²) in [6.45, 7) is 0. The van der Waals surface area contributed by atoms with Gasteiger partial charge < -0.3 is 0 Å². The van der Waals surface area contributed by atoms with Crippen LogP contribution in [-0.2, 0) is 6.18 Å². The summed E-state index contributed by atoms with van der Waals surface area (Å²) >= 11 is 11.8. The minimum absolute atomic E-state index is 0.0607. The first-order valence-electron chi connectivity index (χ1n) is 5.32. The van der Waals surface area contributed by atoms with E-state index in [-0.39, 0.29) is 26.9 Å². The predicted octanol–water partition coefficient (Wildman–Crippen LogP) is 4.89. The van der Waals surface area contributed by atoms with E-state index in [1.807, 2.05) is 0 Å². The zero-order chi connectivity index (χ0) is 14.9. The maximum Gasteiger partial charge on any atom is 0.433 e. The highest BCUT2D eigenvalue weighted by Crippen LogP contribution is 2.35. The van der Waals surface area contributed by atoms with Gasteiger partial charge in [-0.05, 0) is 18.2 Å². The first kappa shape index (κ1) is 14.8. The Morgan fingerprint density at radius 1 is 1.15 bits per heavy atom. The first-order valence-corrected chi connectivity index (χ1v) is 6.07. The van der Waals surface area contributed by atoms with Crippen molar-refractivity contribution in [2.24, 2.45) is 0 Å². The number of hydrogen-bond donors (Lipinski definition) is 0. The fourth-order valence-corrected chi connectivity index (χ4v) is 2.00. The van der Waals surface area contributed by atoms with Gasteiger partial charge in [-0.2, -0.15) is 13.2 Å². The van der Waals surface area contributed by atoms with Crippen molar-refractivity contribution in [2.75, 3.05) is 0 Å². The molecule has 0 atom stereocenters. The molecule has 0 aliphatic carbocycles. The van der Waals surface area contributed by atoms with Crippen molar-refractivity contribution in [2.45, 2.75) is 6.18 Å². The Kier molecular flexibility index (Phi) is 4.01. The lowest BCUT2D eigenvalue weighted by atomic mass is 10.1. The zero-order valence-electron chi connectivity index (χ0n) is 9.71. The van der Waals surface area contributed by atoms with Crippen LogP contribution in [0.5, 0.6) is 0 Å². The van der Waals surface area contributed by atoms with Crippen LogP contribution in [0.1, 0.15) is 16.1 Å². The van der Waals surface area contributed by atoms with Gasteiger partial charge in [-0.15, -0.1) is 0 Å². The number of pyridine rings is 1. The molecule has 0 radical (unpaired) electrons. The average Bonchev–Trinajstić information content (AvgIpc) is 2.40. The lowest BCUT2D eigenvalue weighted by Gasteiger charge is -2.10. The smallest absolute Gasteiger partial charge is 0.298 e. The summed E-state index contributed by atoms with van der Waals surface area (Å²) in [5, 5.41) is 0.272. The summed E-state index contributed by atoms with van der Waals surface area (Å²) in [7, 11) is 0. The Morgan fingerprint density at radius 2 is 1.85 bits per heavy atom. The SMILES string of the molecule is O=Cc1cc(-c2cccc(Cl)c2Cl)nc(C(F)(F)F)c1. The summed E-state index contributed by atoms with van der Waals surface area (Å²) in [5.41, 5.74) is -1.13. The number of aldehydes is 1. The van der Waals surface area contributed by atoms with Crippen LogP contribution in [0.25, 0.3) is 11.3 Å². The van der Waals surface area contributed by atoms with Crippen LogP contribution in [0.3, 0.4) is 0 Å². The summed E-state index contributed by atoms with van der Waals surface area (Å²) in [5.74, 6) is 0. The van der Waals surface area contributed by atoms with Crippen LogP contribution in [0.4, 0.5) is 13.2 Å². The molecule has 1 aromatic heterocycles. The van der Waals surface area contributed by atoms with Gasteiger partial charge in [-0.25, -0.2) is 4.98 Å². The number of hydrogen-bond acceptors (Lipinski definition) is 2. The third kappa shape index (κ3) is 2.94. The van der Waals surface area contributed by atoms with Crippen LogP contribution in [0.15, 0.2) is 30.3 Å². The van der Waals surface area contributed by atoms with Gasteiger partial charge in [0.15, 0.2) is 0 Å². The Balaban J connectivity index is 2.68. The van der Waals surface area contributed by atoms with E-state index in [9.17, 15) is 18.0 Å². The Morgan fingerprint density at radius 3 is 2.45 bits per heavy atom. The molecule has 0 unspecified atom stereocenters. The van der Waals surface area contributed by atoms with Crippen molar-refractivity contribution in [1.29, 1.82) is 0 Å². The molecule has 2 aromatic rings. The molecule has 104 valence electrons. The molecule has 0 aliphatic rings. The Labute approximate surface area is 122 Å². The standard InChI is InChI=1S/C13H6Cl2F3NO/c14-9-3-1-2-8(12(9)15)10-4-7(6-20)5-11(19-10)13(16,17)18/h1-6H. The molecule has 0 N–H and O–H groups in total. The molecule has 7 heteroatoms. The van der Waals surface area contributed by atoms with Crippen molar-refractivity contribution in [3.8, 4) is 11.3 Å². The zero-order valence-corrected chi connectivity index (χ0v) is 11.2. The van der Waals surface area contributed by atoms with Crippen molar-refractivity contribution in [1.82, 2.24) is 4.98 Å². The lowest BCUT2D eigenvalue weighted by molar-refractivity contribution is -0.141. The molecule has 2 nitrogen and oxygen atoms in total. The molecular weight excluding hydrogens is 314 g/mol. The van der Waals surface area contributed by atoms with E-state index >= 15 is 0 Å². The van der Waals surface area contributed by atoms with Gasteiger partial charge in [0.25, 0.3) is 0 Å². The number of nitrogens with zero attached hydrogens (tertiary/aromatic N) is 1. The van der Waals surface area contributed by atoms with Gasteiger partial charge in [0.1, 0.15) is 12.0 Å². The monoisotopic (exact) mass is 319 g/mol. The molecule has 20 heavy (non-hydrogen) atoms. The third-order valence-electron chi connectivity index (χ3n) is 2.50. The predicted molar refractivity (Wildman–Crippen MR) is 70.1 cm³/mol. The molecule has 0 bridgehead atoms. The molecule has 0 spiro atoms. The second-order valence-electron chi connectivity index (χ2n) is 3.89. The highest BCUT2D eigenvalue weighted by molar-refractivity contribution is 6.43. The molecule has 0 amide bonds. The van der Waals surface area contributed by atoms with Gasteiger partial charge in [0.05, 0.1) is 15.7 Å². The second-order valence-corrected chi connectivity index (χ2v) is 4.67. The number of alkyl halides is 3. The fourth-order valence-electron chi connectivity index (χ4n) is 1.60. The summed E-state index contributed by atoms with van der Waals surface area (Å²) in [4.78, 5) is 14.3. The molecule has 1 aromatic carbocycles. The van der Waals surface area contributed by atoms with Gasteiger partial charge in [-0.3, -0.25) is 4.79 Å². The van der Waals surface area contributed by atoms with Crippen LogP contribution >= 0.6 is 23.2 Å². The first-order chi connectivity index (χ1) is 9.32. The maximum absolute atomic E-state index is 12.7. The van der Waals surface area contributed by atoms with Crippen molar-refractivity contribution in [3.63, 3.8) is 0 Å². The Bertz CT molecular complexity index is 671. The third-order valence-corrected chi connectivity index (χ3v) is 3.32. The maximum atomic E-state index is 12.7. The van der Waals surface area contributed by atoms with E-state index in [2.05, 4.69) is 4.98 Å². The van der Waals surface area contributed by atoms with E-state index < -0.39 is 11.9 Å². The van der Waals surface area contributed by atoms with Crippen LogP contribution in [-0.4, -0.2) is 11.3 Å². The van der Waals surface area contributed by atoms with E-state index in [0.717, 1.165) is 0 Å².